The number of halogens is 1. The topological polar surface area (TPSA) is 92.5 Å². The van der Waals surface area contributed by atoms with E-state index in [4.69, 9.17) is 11.6 Å². The van der Waals surface area contributed by atoms with E-state index in [1.807, 2.05) is 75.6 Å². The summed E-state index contributed by atoms with van der Waals surface area (Å²) in [4.78, 5) is 23.8. The van der Waals surface area contributed by atoms with Crippen LogP contribution in [0.1, 0.15) is 38.8 Å². The lowest BCUT2D eigenvalue weighted by Gasteiger charge is -2.23. The van der Waals surface area contributed by atoms with Gasteiger partial charge in [0.1, 0.15) is 7.05 Å². The molecule has 2 aromatic rings. The third-order valence-corrected chi connectivity index (χ3v) is 7.51. The predicted molar refractivity (Wildman–Crippen MR) is 143 cm³/mol. The molecule has 0 aromatic heterocycles. The molecule has 2 aromatic carbocycles. The zero-order chi connectivity index (χ0) is 26.6. The molecule has 0 unspecified atom stereocenters. The molecule has 8 nitrogen and oxygen atoms in total. The van der Waals surface area contributed by atoms with E-state index < -0.39 is 10.8 Å². The summed E-state index contributed by atoms with van der Waals surface area (Å²) in [5.74, 6) is 0. The molecule has 0 saturated carbocycles. The number of rotatable bonds is 5. The molecular formula is C27H28ClN4O4+. The highest BCUT2D eigenvalue weighted by Crippen LogP contribution is 2.48. The number of likely N-dealkylation sites (N-methyl/N-ethyl adjacent to an activating group) is 1. The van der Waals surface area contributed by atoms with Gasteiger partial charge in [0.25, 0.3) is 11.4 Å². The lowest BCUT2D eigenvalue weighted by Crippen LogP contribution is -2.26. The van der Waals surface area contributed by atoms with E-state index in [1.54, 1.807) is 24.3 Å². The number of nitro groups is 2. The van der Waals surface area contributed by atoms with Gasteiger partial charge in [0.15, 0.2) is 5.71 Å². The molecule has 0 bridgehead atoms. The lowest BCUT2D eigenvalue weighted by molar-refractivity contribution is -0.402. The Morgan fingerprint density at radius 2 is 1.56 bits per heavy atom. The highest BCUT2D eigenvalue weighted by Gasteiger charge is 2.44. The maximum atomic E-state index is 11.3. The molecule has 0 fully saturated rings. The maximum absolute atomic E-state index is 11.3. The molecule has 186 valence electrons. The lowest BCUT2D eigenvalue weighted by atomic mass is 9.81. The summed E-state index contributed by atoms with van der Waals surface area (Å²) >= 11 is 6.58. The van der Waals surface area contributed by atoms with E-state index in [9.17, 15) is 20.2 Å². The van der Waals surface area contributed by atoms with Crippen LogP contribution in [0, 0.1) is 20.2 Å². The number of non-ortho nitro benzene ring substituents is 2. The van der Waals surface area contributed by atoms with Gasteiger partial charge in [-0.2, -0.15) is 4.58 Å². The molecule has 2 aliphatic heterocycles. The SMILES string of the molecule is CN1\C(=C/C=C(Cl)/C=C/C2=[N+](C)c3ccc([N+](=O)[O-])cc3C2(C)C)C(C)(C)c2cc([N+](=O)[O-])ccc21. The Morgan fingerprint density at radius 1 is 0.972 bits per heavy atom. The van der Waals surface area contributed by atoms with Crippen LogP contribution >= 0.6 is 11.6 Å². The number of fused-ring (bicyclic) bond motifs is 2. The maximum Gasteiger partial charge on any atom is 0.270 e. The van der Waals surface area contributed by atoms with Crippen LogP contribution in [0.25, 0.3) is 0 Å². The van der Waals surface area contributed by atoms with Gasteiger partial charge in [-0.3, -0.25) is 20.2 Å². The summed E-state index contributed by atoms with van der Waals surface area (Å²) in [5, 5.41) is 23.0. The third kappa shape index (κ3) is 4.01. The number of benzene rings is 2. The first-order chi connectivity index (χ1) is 16.8. The molecule has 9 heteroatoms. The van der Waals surface area contributed by atoms with Gasteiger partial charge in [0.2, 0.25) is 5.69 Å². The number of nitrogens with zero attached hydrogens (tertiary/aromatic N) is 4. The molecule has 36 heavy (non-hydrogen) atoms. The van der Waals surface area contributed by atoms with Crippen LogP contribution in [-0.2, 0) is 10.8 Å². The predicted octanol–water partition coefficient (Wildman–Crippen LogP) is 6.50. The van der Waals surface area contributed by atoms with Crippen LogP contribution in [0.15, 0.2) is 71.4 Å². The minimum absolute atomic E-state index is 0.0691. The molecule has 0 spiro atoms. The summed E-state index contributed by atoms with van der Waals surface area (Å²) in [5.41, 5.74) is 4.83. The zero-order valence-electron chi connectivity index (χ0n) is 21.1. The first-order valence-electron chi connectivity index (χ1n) is 11.5. The number of anilines is 1. The fourth-order valence-electron chi connectivity index (χ4n) is 5.25. The smallest absolute Gasteiger partial charge is 0.270 e. The molecule has 0 aliphatic carbocycles. The largest absolute Gasteiger partial charge is 0.347 e. The van der Waals surface area contributed by atoms with Gasteiger partial charge in [-0.15, -0.1) is 0 Å². The monoisotopic (exact) mass is 507 g/mol. The Balaban J connectivity index is 1.63. The molecule has 0 N–H and O–H groups in total. The van der Waals surface area contributed by atoms with Gasteiger partial charge in [0.05, 0.1) is 15.3 Å². The molecule has 2 aliphatic rings. The van der Waals surface area contributed by atoms with Crippen molar-refractivity contribution in [3.8, 4) is 0 Å². The highest BCUT2D eigenvalue weighted by molar-refractivity contribution is 6.31. The number of hydrogen-bond donors (Lipinski definition) is 0. The Hall–Kier alpha value is -3.78. The van der Waals surface area contributed by atoms with Crippen molar-refractivity contribution in [2.45, 2.75) is 38.5 Å². The molecule has 0 radical (unpaired) electrons. The van der Waals surface area contributed by atoms with Gasteiger partial charge in [-0.25, -0.2) is 0 Å². The molecule has 0 atom stereocenters. The second-order valence-corrected chi connectivity index (χ2v) is 10.5. The van der Waals surface area contributed by atoms with E-state index >= 15 is 0 Å². The number of hydrogen-bond acceptors (Lipinski definition) is 5. The standard InChI is InChI=1S/C27H28ClN4O4/c1-26(2)20-15-18(31(33)34)9-11-22(20)29(5)24(26)13-7-17(28)8-14-25-27(3,4)21-16-19(32(35)36)10-12-23(21)30(25)6/h7-16H,1-6H3/q+1. The fourth-order valence-corrected chi connectivity index (χ4v) is 5.37. The highest BCUT2D eigenvalue weighted by atomic mass is 35.5. The summed E-state index contributed by atoms with van der Waals surface area (Å²) in [7, 11) is 3.87. The first-order valence-corrected chi connectivity index (χ1v) is 11.8. The van der Waals surface area contributed by atoms with Crippen molar-refractivity contribution >= 4 is 40.1 Å². The van der Waals surface area contributed by atoms with Crippen molar-refractivity contribution in [3.05, 3.63) is 103 Å². The van der Waals surface area contributed by atoms with Crippen LogP contribution in [-0.4, -0.2) is 34.2 Å². The Labute approximate surface area is 214 Å². The van der Waals surface area contributed by atoms with Crippen LogP contribution < -0.4 is 4.90 Å². The van der Waals surface area contributed by atoms with Crippen LogP contribution in [0.2, 0.25) is 0 Å². The second-order valence-electron chi connectivity index (χ2n) is 10.1. The van der Waals surface area contributed by atoms with Crippen molar-refractivity contribution in [1.29, 1.82) is 0 Å². The van der Waals surface area contributed by atoms with Crippen molar-refractivity contribution in [2.75, 3.05) is 19.0 Å². The summed E-state index contributed by atoms with van der Waals surface area (Å²) < 4.78 is 2.02. The number of nitro benzene ring substituents is 2. The van der Waals surface area contributed by atoms with Crippen LogP contribution in [0.3, 0.4) is 0 Å². The van der Waals surface area contributed by atoms with E-state index in [2.05, 4.69) is 0 Å². The number of allylic oxidation sites excluding steroid dienone is 6. The Morgan fingerprint density at radius 3 is 2.17 bits per heavy atom. The fraction of sp³-hybridized carbons (Fsp3) is 0.296. The quantitative estimate of drug-likeness (QED) is 0.199. The average Bonchev–Trinajstić information content (AvgIpc) is 3.13. The Kier molecular flexibility index (Phi) is 6.12. The minimum Gasteiger partial charge on any atom is -0.347 e. The summed E-state index contributed by atoms with van der Waals surface area (Å²) in [6.07, 6.45) is 7.49. The normalized spacial score (nSPS) is 19.2. The van der Waals surface area contributed by atoms with Gasteiger partial charge in [0, 0.05) is 70.9 Å². The van der Waals surface area contributed by atoms with E-state index in [0.717, 1.165) is 33.9 Å². The van der Waals surface area contributed by atoms with Crippen LogP contribution in [0.4, 0.5) is 22.7 Å². The van der Waals surface area contributed by atoms with E-state index in [1.165, 1.54) is 12.1 Å². The summed E-state index contributed by atoms with van der Waals surface area (Å²) in [6.45, 7) is 8.13. The third-order valence-electron chi connectivity index (χ3n) is 7.26. The molecule has 0 amide bonds. The van der Waals surface area contributed by atoms with Crippen molar-refractivity contribution in [1.82, 2.24) is 0 Å². The van der Waals surface area contributed by atoms with Gasteiger partial charge < -0.3 is 4.90 Å². The van der Waals surface area contributed by atoms with E-state index in [0.29, 0.717) is 5.03 Å². The Bertz CT molecular complexity index is 1430. The second kappa shape index (κ2) is 8.71. The van der Waals surface area contributed by atoms with E-state index in [-0.39, 0.29) is 21.2 Å². The molecule has 4 rings (SSSR count). The molecule has 2 heterocycles. The van der Waals surface area contributed by atoms with Gasteiger partial charge in [-0.05, 0) is 43.7 Å². The summed E-state index contributed by atoms with van der Waals surface area (Å²) in [6, 6.07) is 9.85. The first kappa shape index (κ1) is 25.3. The zero-order valence-corrected chi connectivity index (χ0v) is 21.8. The van der Waals surface area contributed by atoms with Gasteiger partial charge >= 0.3 is 0 Å². The average molecular weight is 508 g/mol. The van der Waals surface area contributed by atoms with Crippen molar-refractivity contribution in [2.24, 2.45) is 0 Å². The molecule has 0 saturated heterocycles. The van der Waals surface area contributed by atoms with Crippen molar-refractivity contribution < 1.29 is 14.4 Å². The molecular weight excluding hydrogens is 480 g/mol. The van der Waals surface area contributed by atoms with Crippen LogP contribution in [0.5, 0.6) is 0 Å². The van der Waals surface area contributed by atoms with Crippen molar-refractivity contribution in [3.63, 3.8) is 0 Å². The minimum atomic E-state index is -0.438. The van der Waals surface area contributed by atoms with Gasteiger partial charge in [-0.1, -0.05) is 25.4 Å².